The van der Waals surface area contributed by atoms with Crippen molar-refractivity contribution in [3.63, 3.8) is 0 Å². The lowest BCUT2D eigenvalue weighted by Gasteiger charge is -2.49. The molecule has 0 N–H and O–H groups in total. The molecule has 0 saturated carbocycles. The minimum Gasteiger partial charge on any atom is -0.462 e. The fraction of sp³-hybridized carbons (Fsp3) is 0.486. The molecule has 0 aliphatic carbocycles. The highest BCUT2D eigenvalue weighted by molar-refractivity contribution is 8.01. The number of rotatable bonds is 12. The zero-order chi connectivity index (χ0) is 36.4. The highest BCUT2D eigenvalue weighted by Crippen LogP contribution is 2.47. The normalized spacial score (nSPS) is 21.0. The molecule has 1 aliphatic heterocycles. The van der Waals surface area contributed by atoms with Gasteiger partial charge in [-0.2, -0.15) is 0 Å². The van der Waals surface area contributed by atoms with E-state index < -0.39 is 77.4 Å². The Labute approximate surface area is 289 Å². The van der Waals surface area contributed by atoms with Gasteiger partial charge in [0.15, 0.2) is 0 Å². The summed E-state index contributed by atoms with van der Waals surface area (Å²) in [4.78, 5) is 77.1. The molecule has 0 bridgehead atoms. The summed E-state index contributed by atoms with van der Waals surface area (Å²) in [6.07, 6.45) is -5.62. The molecule has 0 spiro atoms. The van der Waals surface area contributed by atoms with Gasteiger partial charge in [0.1, 0.15) is 37.1 Å². The Balaban J connectivity index is 2.21. The summed E-state index contributed by atoms with van der Waals surface area (Å²) in [6, 6.07) is 16.3. The number of thioether (sulfide) groups is 1. The van der Waals surface area contributed by atoms with Crippen LogP contribution in [0.15, 0.2) is 65.6 Å². The molecule has 4 unspecified atom stereocenters. The third kappa shape index (κ3) is 11.9. The fourth-order valence-electron chi connectivity index (χ4n) is 5.21. The second-order valence-electron chi connectivity index (χ2n) is 12.4. The Morgan fingerprint density at radius 2 is 1.49 bits per heavy atom. The lowest BCUT2D eigenvalue weighted by molar-refractivity contribution is -0.208. The van der Waals surface area contributed by atoms with Gasteiger partial charge < -0.3 is 28.4 Å². The standard InChI is InChI=1S/C35H43NO12S/c1-22(37)36(33(42)48-34(5,6)7)31-29(18-27(45-24(3)39)21-43-23(2)38)47-35(19-30(31)46-25(4)40,49-28-16-12-9-13-17-28)32(41)44-20-26-14-10-8-11-15-26/h8-17,27,29-31H,18-21H2,1-7H3/t27?,29?,30-,31?,35?/m1/s1. The molecule has 0 radical (unpaired) electrons. The Kier molecular flexibility index (Phi) is 13.8. The Morgan fingerprint density at radius 3 is 2.02 bits per heavy atom. The number of carbonyl (C=O) groups is 6. The summed E-state index contributed by atoms with van der Waals surface area (Å²) >= 11 is 0.989. The van der Waals surface area contributed by atoms with Crippen LogP contribution in [0.3, 0.4) is 0 Å². The van der Waals surface area contributed by atoms with E-state index >= 15 is 0 Å². The minimum atomic E-state index is -1.92. The predicted octanol–water partition coefficient (Wildman–Crippen LogP) is 4.98. The zero-order valence-electron chi connectivity index (χ0n) is 28.7. The molecule has 2 aromatic carbocycles. The molecule has 1 fully saturated rings. The van der Waals surface area contributed by atoms with Crippen molar-refractivity contribution >= 4 is 47.6 Å². The monoisotopic (exact) mass is 701 g/mol. The van der Waals surface area contributed by atoms with Crippen LogP contribution < -0.4 is 0 Å². The van der Waals surface area contributed by atoms with Crippen LogP contribution >= 0.6 is 11.8 Å². The van der Waals surface area contributed by atoms with E-state index in [0.717, 1.165) is 37.4 Å². The van der Waals surface area contributed by atoms with Crippen LogP contribution in [0.1, 0.15) is 66.9 Å². The van der Waals surface area contributed by atoms with Crippen molar-refractivity contribution in [2.24, 2.45) is 0 Å². The first-order valence-electron chi connectivity index (χ1n) is 15.6. The molecule has 3 rings (SSSR count). The van der Waals surface area contributed by atoms with Gasteiger partial charge in [-0.1, -0.05) is 60.3 Å². The number of hydrogen-bond acceptors (Lipinski definition) is 13. The van der Waals surface area contributed by atoms with Crippen molar-refractivity contribution in [3.05, 3.63) is 66.2 Å². The molecule has 1 saturated heterocycles. The zero-order valence-corrected chi connectivity index (χ0v) is 29.5. The van der Waals surface area contributed by atoms with E-state index in [1.54, 1.807) is 75.4 Å². The van der Waals surface area contributed by atoms with Crippen LogP contribution in [0.25, 0.3) is 0 Å². The molecule has 49 heavy (non-hydrogen) atoms. The lowest BCUT2D eigenvalue weighted by atomic mass is 9.90. The fourth-order valence-corrected chi connectivity index (χ4v) is 6.44. The number of hydrogen-bond donors (Lipinski definition) is 0. The SMILES string of the molecule is CC(=O)OCC(CC1OC(Sc2ccccc2)(C(=O)OCc2ccccc2)C[C@@H](OC(C)=O)C1N(C(C)=O)C(=O)OC(C)(C)C)OC(C)=O. The Bertz CT molecular complexity index is 1480. The largest absolute Gasteiger partial charge is 0.462 e. The van der Waals surface area contributed by atoms with Gasteiger partial charge >= 0.3 is 30.0 Å². The number of imide groups is 1. The number of benzene rings is 2. The van der Waals surface area contributed by atoms with E-state index in [2.05, 4.69) is 0 Å². The quantitative estimate of drug-likeness (QED) is 0.216. The van der Waals surface area contributed by atoms with Crippen molar-refractivity contribution in [3.8, 4) is 0 Å². The van der Waals surface area contributed by atoms with E-state index in [0.29, 0.717) is 10.5 Å². The average molecular weight is 702 g/mol. The van der Waals surface area contributed by atoms with E-state index in [4.69, 9.17) is 28.4 Å². The van der Waals surface area contributed by atoms with Gasteiger partial charge in [0.05, 0.1) is 6.10 Å². The second kappa shape index (κ2) is 17.3. The van der Waals surface area contributed by atoms with Crippen LogP contribution in [0.5, 0.6) is 0 Å². The number of carbonyl (C=O) groups excluding carboxylic acids is 6. The molecule has 13 nitrogen and oxygen atoms in total. The van der Waals surface area contributed by atoms with Gasteiger partial charge in [-0.15, -0.1) is 0 Å². The molecule has 5 atom stereocenters. The predicted molar refractivity (Wildman–Crippen MR) is 176 cm³/mol. The smallest absolute Gasteiger partial charge is 0.417 e. The van der Waals surface area contributed by atoms with E-state index in [1.165, 1.54) is 6.92 Å². The summed E-state index contributed by atoms with van der Waals surface area (Å²) in [6.45, 7) is 8.91. The van der Waals surface area contributed by atoms with E-state index in [-0.39, 0.29) is 19.4 Å². The van der Waals surface area contributed by atoms with Crippen LogP contribution in [-0.4, -0.2) is 82.3 Å². The van der Waals surface area contributed by atoms with Gasteiger partial charge in [-0.25, -0.2) is 14.5 Å². The van der Waals surface area contributed by atoms with Crippen LogP contribution in [0.4, 0.5) is 4.79 Å². The molecule has 2 aromatic rings. The van der Waals surface area contributed by atoms with Gasteiger partial charge in [-0.05, 0) is 38.5 Å². The van der Waals surface area contributed by atoms with Crippen molar-refractivity contribution in [2.45, 2.75) is 108 Å². The van der Waals surface area contributed by atoms with Crippen LogP contribution in [0.2, 0.25) is 0 Å². The Hall–Kier alpha value is -4.43. The average Bonchev–Trinajstić information content (AvgIpc) is 2.99. The maximum atomic E-state index is 14.2. The third-order valence-electron chi connectivity index (χ3n) is 6.97. The molecule has 1 heterocycles. The van der Waals surface area contributed by atoms with Crippen LogP contribution in [0, 0.1) is 0 Å². The first kappa shape index (κ1) is 39.0. The third-order valence-corrected chi connectivity index (χ3v) is 8.24. The number of esters is 4. The number of nitrogens with zero attached hydrogens (tertiary/aromatic N) is 1. The van der Waals surface area contributed by atoms with E-state index in [9.17, 15) is 28.8 Å². The summed E-state index contributed by atoms with van der Waals surface area (Å²) in [5, 5.41) is 0. The van der Waals surface area contributed by atoms with Gasteiger partial charge in [-0.3, -0.25) is 19.2 Å². The summed E-state index contributed by atoms with van der Waals surface area (Å²) < 4.78 is 34.4. The Morgan fingerprint density at radius 1 is 0.878 bits per heavy atom. The maximum absolute atomic E-state index is 14.2. The topological polar surface area (TPSA) is 161 Å². The second-order valence-corrected chi connectivity index (χ2v) is 13.7. The van der Waals surface area contributed by atoms with Crippen molar-refractivity contribution < 1.29 is 57.2 Å². The molecule has 14 heteroatoms. The van der Waals surface area contributed by atoms with Crippen molar-refractivity contribution in [1.29, 1.82) is 0 Å². The first-order chi connectivity index (χ1) is 23.0. The minimum absolute atomic E-state index is 0.119. The van der Waals surface area contributed by atoms with Gasteiger partial charge in [0.25, 0.3) is 0 Å². The first-order valence-corrected chi connectivity index (χ1v) is 16.4. The lowest BCUT2D eigenvalue weighted by Crippen LogP contribution is -2.65. The molecule has 0 aromatic heterocycles. The molecular weight excluding hydrogens is 658 g/mol. The summed E-state index contributed by atoms with van der Waals surface area (Å²) in [5.74, 6) is -3.75. The molecular formula is C35H43NO12S. The highest BCUT2D eigenvalue weighted by Gasteiger charge is 2.58. The van der Waals surface area contributed by atoms with Gasteiger partial charge in [0.2, 0.25) is 10.8 Å². The number of ether oxygens (including phenoxy) is 6. The number of amides is 2. The molecule has 2 amide bonds. The summed E-state index contributed by atoms with van der Waals surface area (Å²) in [7, 11) is 0. The summed E-state index contributed by atoms with van der Waals surface area (Å²) in [5.41, 5.74) is -0.335. The maximum Gasteiger partial charge on any atom is 0.417 e. The van der Waals surface area contributed by atoms with Crippen molar-refractivity contribution in [1.82, 2.24) is 4.90 Å². The molecule has 1 aliphatic rings. The van der Waals surface area contributed by atoms with Gasteiger partial charge in [0, 0.05) is 45.4 Å². The van der Waals surface area contributed by atoms with E-state index in [1.807, 2.05) is 6.07 Å². The van der Waals surface area contributed by atoms with Crippen molar-refractivity contribution in [2.75, 3.05) is 6.61 Å². The van der Waals surface area contributed by atoms with Crippen LogP contribution in [-0.2, 0) is 59.0 Å². The highest BCUT2D eigenvalue weighted by atomic mass is 32.2. The molecule has 266 valence electrons.